The summed E-state index contributed by atoms with van der Waals surface area (Å²) in [5, 5.41) is 18.6. The Hall–Kier alpha value is -0.640. The molecule has 0 unspecified atom stereocenters. The Bertz CT molecular complexity index is 118. The standard InChI is InChI=1S/C4H7NO3/c6-4(5(7)8)2-1-3-4/h6H,1-3H2. The van der Waals surface area contributed by atoms with Gasteiger partial charge < -0.3 is 5.11 Å². The van der Waals surface area contributed by atoms with E-state index in [4.69, 9.17) is 5.11 Å². The maximum atomic E-state index is 9.86. The van der Waals surface area contributed by atoms with Gasteiger partial charge in [0.1, 0.15) is 0 Å². The fourth-order valence-corrected chi connectivity index (χ4v) is 0.676. The van der Waals surface area contributed by atoms with Gasteiger partial charge in [0.15, 0.2) is 0 Å². The van der Waals surface area contributed by atoms with E-state index in [2.05, 4.69) is 0 Å². The van der Waals surface area contributed by atoms with Gasteiger partial charge >= 0.3 is 5.72 Å². The Labute approximate surface area is 46.3 Å². The molecule has 8 heavy (non-hydrogen) atoms. The molecule has 0 amide bonds. The number of rotatable bonds is 1. The van der Waals surface area contributed by atoms with E-state index in [9.17, 15) is 10.1 Å². The normalized spacial score (nSPS) is 24.1. The number of aliphatic hydroxyl groups is 1. The average Bonchev–Trinajstić information content (AvgIpc) is 1.60. The summed E-state index contributed by atoms with van der Waals surface area (Å²) in [7, 11) is 0. The van der Waals surface area contributed by atoms with Crippen molar-refractivity contribution < 1.29 is 10.0 Å². The Morgan fingerprint density at radius 2 is 2.12 bits per heavy atom. The monoisotopic (exact) mass is 117 g/mol. The van der Waals surface area contributed by atoms with Crippen molar-refractivity contribution in [3.8, 4) is 0 Å². The highest BCUT2D eigenvalue weighted by Gasteiger charge is 2.46. The molecule has 0 saturated heterocycles. The van der Waals surface area contributed by atoms with Crippen LogP contribution in [0.5, 0.6) is 0 Å². The number of nitrogens with zero attached hydrogens (tertiary/aromatic N) is 1. The Morgan fingerprint density at radius 1 is 1.62 bits per heavy atom. The zero-order chi connectivity index (χ0) is 6.20. The van der Waals surface area contributed by atoms with Gasteiger partial charge in [-0.15, -0.1) is 0 Å². The van der Waals surface area contributed by atoms with E-state index in [0.717, 1.165) is 6.42 Å². The molecule has 4 heteroatoms. The first-order valence-corrected chi connectivity index (χ1v) is 2.52. The summed E-state index contributed by atoms with van der Waals surface area (Å²) in [6.07, 6.45) is 1.41. The molecule has 1 rings (SSSR count). The molecule has 0 spiro atoms. The van der Waals surface area contributed by atoms with Crippen molar-refractivity contribution in [2.45, 2.75) is 25.0 Å². The fraction of sp³-hybridized carbons (Fsp3) is 1.00. The van der Waals surface area contributed by atoms with Crippen molar-refractivity contribution in [2.24, 2.45) is 0 Å². The van der Waals surface area contributed by atoms with E-state index in [-0.39, 0.29) is 0 Å². The molecule has 0 aromatic heterocycles. The second kappa shape index (κ2) is 1.42. The Balaban J connectivity index is 2.53. The molecule has 0 aromatic rings. The van der Waals surface area contributed by atoms with E-state index in [0.29, 0.717) is 12.8 Å². The van der Waals surface area contributed by atoms with Crippen molar-refractivity contribution in [1.29, 1.82) is 0 Å². The first-order valence-electron chi connectivity index (χ1n) is 2.52. The predicted molar refractivity (Wildman–Crippen MR) is 25.8 cm³/mol. The topological polar surface area (TPSA) is 63.4 Å². The van der Waals surface area contributed by atoms with Crippen LogP contribution < -0.4 is 0 Å². The molecule has 1 saturated carbocycles. The second-order valence-corrected chi connectivity index (χ2v) is 2.09. The Kier molecular flexibility index (Phi) is 0.973. The van der Waals surface area contributed by atoms with E-state index >= 15 is 0 Å². The van der Waals surface area contributed by atoms with Crippen LogP contribution in [-0.4, -0.2) is 15.8 Å². The van der Waals surface area contributed by atoms with Gasteiger partial charge in [-0.05, 0) is 6.42 Å². The van der Waals surface area contributed by atoms with Crippen LogP contribution in [-0.2, 0) is 0 Å². The first kappa shape index (κ1) is 5.50. The molecule has 0 atom stereocenters. The third-order valence-corrected chi connectivity index (χ3v) is 1.49. The summed E-state index contributed by atoms with van der Waals surface area (Å²) in [5.74, 6) is 0. The SMILES string of the molecule is O=[N+]([O-])C1(O)CCC1. The van der Waals surface area contributed by atoms with Crippen LogP contribution in [0.1, 0.15) is 19.3 Å². The minimum absolute atomic E-state index is 0.319. The third kappa shape index (κ3) is 0.571. The molecular weight excluding hydrogens is 110 g/mol. The summed E-state index contributed by atoms with van der Waals surface area (Å²) in [6.45, 7) is 0. The molecule has 0 aliphatic heterocycles. The zero-order valence-corrected chi connectivity index (χ0v) is 4.33. The molecule has 0 radical (unpaired) electrons. The van der Waals surface area contributed by atoms with Gasteiger partial charge in [-0.2, -0.15) is 0 Å². The number of hydrogen-bond donors (Lipinski definition) is 1. The van der Waals surface area contributed by atoms with Gasteiger partial charge in [0.25, 0.3) is 0 Å². The van der Waals surface area contributed by atoms with Crippen LogP contribution in [0.15, 0.2) is 0 Å². The van der Waals surface area contributed by atoms with E-state index in [1.165, 1.54) is 0 Å². The molecule has 1 aliphatic rings. The maximum Gasteiger partial charge on any atom is 0.322 e. The molecular formula is C4H7NO3. The Morgan fingerprint density at radius 3 is 2.12 bits per heavy atom. The number of hydrogen-bond acceptors (Lipinski definition) is 3. The second-order valence-electron chi connectivity index (χ2n) is 2.09. The van der Waals surface area contributed by atoms with Crippen LogP contribution in [0.3, 0.4) is 0 Å². The molecule has 4 nitrogen and oxygen atoms in total. The van der Waals surface area contributed by atoms with Crippen LogP contribution in [0, 0.1) is 10.1 Å². The van der Waals surface area contributed by atoms with E-state index in [1.807, 2.05) is 0 Å². The average molecular weight is 117 g/mol. The summed E-state index contributed by atoms with van der Waals surface area (Å²) < 4.78 is 0. The van der Waals surface area contributed by atoms with Crippen LogP contribution >= 0.6 is 0 Å². The molecule has 0 bridgehead atoms. The molecule has 46 valence electrons. The summed E-state index contributed by atoms with van der Waals surface area (Å²) in [4.78, 5) is 9.24. The smallest absolute Gasteiger partial charge is 0.322 e. The maximum absolute atomic E-state index is 9.86. The van der Waals surface area contributed by atoms with Crippen LogP contribution in [0.25, 0.3) is 0 Å². The van der Waals surface area contributed by atoms with Crippen molar-refractivity contribution in [2.75, 3.05) is 0 Å². The van der Waals surface area contributed by atoms with Crippen LogP contribution in [0.4, 0.5) is 0 Å². The minimum Gasteiger partial charge on any atom is -0.331 e. The lowest BCUT2D eigenvalue weighted by Gasteiger charge is -2.26. The molecule has 0 aromatic carbocycles. The number of nitro groups is 1. The molecule has 0 heterocycles. The van der Waals surface area contributed by atoms with Crippen molar-refractivity contribution in [3.63, 3.8) is 0 Å². The highest BCUT2D eigenvalue weighted by molar-refractivity contribution is 4.75. The van der Waals surface area contributed by atoms with Gasteiger partial charge in [-0.25, -0.2) is 0 Å². The van der Waals surface area contributed by atoms with Gasteiger partial charge in [-0.3, -0.25) is 10.1 Å². The fourth-order valence-electron chi connectivity index (χ4n) is 0.676. The summed E-state index contributed by atoms with van der Waals surface area (Å²) in [5.41, 5.74) is -1.56. The third-order valence-electron chi connectivity index (χ3n) is 1.49. The predicted octanol–water partition coefficient (Wildman–Crippen LogP) is 0.136. The van der Waals surface area contributed by atoms with E-state index < -0.39 is 10.6 Å². The van der Waals surface area contributed by atoms with Crippen molar-refractivity contribution in [3.05, 3.63) is 10.1 Å². The molecule has 1 aliphatic carbocycles. The summed E-state index contributed by atoms with van der Waals surface area (Å²) in [6, 6.07) is 0. The van der Waals surface area contributed by atoms with Gasteiger partial charge in [0, 0.05) is 12.8 Å². The highest BCUT2D eigenvalue weighted by Crippen LogP contribution is 2.31. The lowest BCUT2D eigenvalue weighted by Crippen LogP contribution is -2.44. The molecule has 1 fully saturated rings. The molecule has 1 N–H and O–H groups in total. The zero-order valence-electron chi connectivity index (χ0n) is 4.33. The first-order chi connectivity index (χ1) is 3.65. The van der Waals surface area contributed by atoms with Crippen molar-refractivity contribution >= 4 is 0 Å². The van der Waals surface area contributed by atoms with Gasteiger partial charge in [0.2, 0.25) is 0 Å². The lowest BCUT2D eigenvalue weighted by molar-refractivity contribution is -0.641. The highest BCUT2D eigenvalue weighted by atomic mass is 16.7. The van der Waals surface area contributed by atoms with Crippen LogP contribution in [0.2, 0.25) is 0 Å². The quantitative estimate of drug-likeness (QED) is 0.302. The van der Waals surface area contributed by atoms with Crippen molar-refractivity contribution in [1.82, 2.24) is 0 Å². The van der Waals surface area contributed by atoms with Gasteiger partial charge in [-0.1, -0.05) is 0 Å². The summed E-state index contributed by atoms with van der Waals surface area (Å²) >= 11 is 0. The minimum atomic E-state index is -1.56. The van der Waals surface area contributed by atoms with E-state index in [1.54, 1.807) is 0 Å². The largest absolute Gasteiger partial charge is 0.331 e. The lowest BCUT2D eigenvalue weighted by atomic mass is 9.89. The van der Waals surface area contributed by atoms with Gasteiger partial charge in [0.05, 0.1) is 4.92 Å².